The van der Waals surface area contributed by atoms with E-state index < -0.39 is 6.89 Å². The fourth-order valence-electron chi connectivity index (χ4n) is 5.97. The molecule has 5 aromatic carbocycles. The van der Waals surface area contributed by atoms with Gasteiger partial charge in [0.15, 0.2) is 0 Å². The predicted octanol–water partition coefficient (Wildman–Crippen LogP) is 7.08. The van der Waals surface area contributed by atoms with Crippen LogP contribution in [0.1, 0.15) is 25.0 Å². The highest BCUT2D eigenvalue weighted by Crippen LogP contribution is 2.54. The third kappa shape index (κ3) is 3.78. The molecule has 1 aliphatic rings. The van der Waals surface area contributed by atoms with E-state index in [2.05, 4.69) is 152 Å². The molecule has 0 aliphatic heterocycles. The highest BCUT2D eigenvalue weighted by Gasteiger charge is 2.36. The van der Waals surface area contributed by atoms with Crippen molar-refractivity contribution < 1.29 is 0 Å². The number of rotatable bonds is 6. The maximum Gasteiger partial charge on any atom is 0.0372 e. The Balaban J connectivity index is 1.87. The van der Waals surface area contributed by atoms with Crippen molar-refractivity contribution in [3.63, 3.8) is 0 Å². The van der Waals surface area contributed by atoms with Crippen LogP contribution < -0.4 is 20.8 Å². The van der Waals surface area contributed by atoms with Crippen LogP contribution in [-0.2, 0) is 0 Å². The molecule has 0 bridgehead atoms. The van der Waals surface area contributed by atoms with Gasteiger partial charge in [-0.3, -0.25) is 0 Å². The zero-order valence-electron chi connectivity index (χ0n) is 21.5. The summed E-state index contributed by atoms with van der Waals surface area (Å²) >= 11 is 0. The second-order valence-corrected chi connectivity index (χ2v) is 12.8. The highest BCUT2D eigenvalue weighted by molar-refractivity contribution is 7.96. The molecule has 0 saturated heterocycles. The number of anilines is 1. The van der Waals surface area contributed by atoms with Gasteiger partial charge in [0.25, 0.3) is 0 Å². The van der Waals surface area contributed by atoms with Crippen molar-refractivity contribution >= 4 is 33.8 Å². The number of benzene rings is 5. The fraction of sp³-hybridized carbons (Fsp3) is 0.114. The molecule has 0 radical (unpaired) electrons. The molecule has 0 spiro atoms. The Kier molecular flexibility index (Phi) is 6.33. The second kappa shape index (κ2) is 9.92. The van der Waals surface area contributed by atoms with Gasteiger partial charge in [-0.05, 0) is 71.0 Å². The molecule has 0 aromatic heterocycles. The maximum absolute atomic E-state index is 2.46. The van der Waals surface area contributed by atoms with Gasteiger partial charge in [-0.2, -0.15) is 0 Å². The van der Waals surface area contributed by atoms with Crippen LogP contribution in [0.4, 0.5) is 5.69 Å². The Morgan fingerprint density at radius 2 is 0.892 bits per heavy atom. The van der Waals surface area contributed by atoms with Crippen molar-refractivity contribution in [2.45, 2.75) is 13.8 Å². The molecule has 0 unspecified atom stereocenters. The van der Waals surface area contributed by atoms with E-state index in [0.29, 0.717) is 0 Å². The first-order chi connectivity index (χ1) is 18.3. The molecule has 0 atom stereocenters. The van der Waals surface area contributed by atoms with Crippen LogP contribution in [0.2, 0.25) is 0 Å². The summed E-state index contributed by atoms with van der Waals surface area (Å²) < 4.78 is 0. The third-order valence-corrected chi connectivity index (χ3v) is 12.0. The topological polar surface area (TPSA) is 3.24 Å². The Morgan fingerprint density at radius 1 is 0.459 bits per heavy atom. The summed E-state index contributed by atoms with van der Waals surface area (Å²) in [6.07, 6.45) is 0. The molecule has 0 saturated carbocycles. The smallest absolute Gasteiger partial charge is 0.0372 e. The molecule has 6 rings (SSSR count). The summed E-state index contributed by atoms with van der Waals surface area (Å²) in [4.78, 5) is 2.45. The Labute approximate surface area is 221 Å². The van der Waals surface area contributed by atoms with Crippen molar-refractivity contribution in [2.24, 2.45) is 0 Å². The molecule has 0 N–H and O–H groups in total. The van der Waals surface area contributed by atoms with Crippen LogP contribution in [0, 0.1) is 0 Å². The summed E-state index contributed by atoms with van der Waals surface area (Å²) in [7, 11) is 0. The highest BCUT2D eigenvalue weighted by atomic mass is 31.2. The number of nitrogens with zero attached hydrogens (tertiary/aromatic N) is 1. The van der Waals surface area contributed by atoms with Crippen LogP contribution in [0.3, 0.4) is 0 Å². The minimum absolute atomic E-state index is 0.994. The zero-order chi connectivity index (χ0) is 25.2. The molecule has 37 heavy (non-hydrogen) atoms. The fourth-order valence-corrected chi connectivity index (χ4v) is 10.6. The van der Waals surface area contributed by atoms with Crippen molar-refractivity contribution in [3.8, 4) is 11.1 Å². The van der Waals surface area contributed by atoms with Crippen molar-refractivity contribution in [1.29, 1.82) is 0 Å². The average molecular weight is 498 g/mol. The lowest BCUT2D eigenvalue weighted by atomic mass is 10.1. The van der Waals surface area contributed by atoms with Gasteiger partial charge >= 0.3 is 0 Å². The van der Waals surface area contributed by atoms with Crippen LogP contribution in [0.15, 0.2) is 133 Å². The summed E-state index contributed by atoms with van der Waals surface area (Å²) in [5.41, 5.74) is 6.70. The molecular weight excluding hydrogens is 465 g/mol. The van der Waals surface area contributed by atoms with Gasteiger partial charge in [0, 0.05) is 24.1 Å². The lowest BCUT2D eigenvalue weighted by Crippen LogP contribution is -2.30. The van der Waals surface area contributed by atoms with E-state index in [1.807, 2.05) is 0 Å². The standard InChI is InChI=1S/C35H32NP/c1-3-36(4-2)27-24-25-32-31-22-14-15-23-33(31)35(34(32)26-27)37(28-16-8-5-9-17-28,29-18-10-6-11-19-29)30-20-12-7-13-21-30/h5-26H,3-4H2,1-2H3. The minimum Gasteiger partial charge on any atom is -0.372 e. The van der Waals surface area contributed by atoms with Crippen molar-refractivity contribution in [3.05, 3.63) is 145 Å². The van der Waals surface area contributed by atoms with Gasteiger partial charge in [0.05, 0.1) is 0 Å². The van der Waals surface area contributed by atoms with E-state index in [1.165, 1.54) is 49.1 Å². The summed E-state index contributed by atoms with van der Waals surface area (Å²) in [5, 5.41) is 5.63. The van der Waals surface area contributed by atoms with Crippen LogP contribution in [0.25, 0.3) is 11.1 Å². The molecule has 5 aromatic rings. The first kappa shape index (κ1) is 23.6. The van der Waals surface area contributed by atoms with Crippen LogP contribution in [-0.4, -0.2) is 18.4 Å². The van der Waals surface area contributed by atoms with Crippen molar-refractivity contribution in [1.82, 2.24) is 0 Å². The third-order valence-electron chi connectivity index (χ3n) is 7.63. The molecular formula is C35H32NP. The summed E-state index contributed by atoms with van der Waals surface area (Å²) in [5.74, 6) is 0. The monoisotopic (exact) mass is 497 g/mol. The quantitative estimate of drug-likeness (QED) is 0.222. The van der Waals surface area contributed by atoms with Gasteiger partial charge in [-0.25, -0.2) is 0 Å². The van der Waals surface area contributed by atoms with Gasteiger partial charge in [0.1, 0.15) is 0 Å². The molecule has 0 amide bonds. The molecule has 0 fully saturated rings. The SMILES string of the molecule is CCN(CC)c1ccc2c(c1)C(=P(c1ccccc1)(c1ccccc1)c1ccccc1)c1ccccc1-2. The summed E-state index contributed by atoms with van der Waals surface area (Å²) in [6, 6.07) is 49.8. The second-order valence-electron chi connectivity index (χ2n) is 9.47. The molecule has 0 heterocycles. The first-order valence-corrected chi connectivity index (χ1v) is 15.0. The Morgan fingerprint density at radius 3 is 1.38 bits per heavy atom. The number of fused-ring (bicyclic) bond motifs is 3. The predicted molar refractivity (Wildman–Crippen MR) is 164 cm³/mol. The lowest BCUT2D eigenvalue weighted by Gasteiger charge is -2.33. The van der Waals surface area contributed by atoms with E-state index in [4.69, 9.17) is 0 Å². The van der Waals surface area contributed by atoms with E-state index in [9.17, 15) is 0 Å². The van der Waals surface area contributed by atoms with E-state index in [1.54, 1.807) is 0 Å². The molecule has 1 nitrogen and oxygen atoms in total. The van der Waals surface area contributed by atoms with Crippen molar-refractivity contribution in [2.75, 3.05) is 18.0 Å². The van der Waals surface area contributed by atoms with Gasteiger partial charge in [-0.1, -0.05) is 121 Å². The van der Waals surface area contributed by atoms with Crippen LogP contribution >= 0.6 is 6.89 Å². The Bertz CT molecular complexity index is 1480. The lowest BCUT2D eigenvalue weighted by molar-refractivity contribution is 0.866. The first-order valence-electron chi connectivity index (χ1n) is 13.2. The minimum atomic E-state index is -2.23. The van der Waals surface area contributed by atoms with E-state index in [0.717, 1.165) is 13.1 Å². The van der Waals surface area contributed by atoms with Gasteiger partial charge < -0.3 is 4.90 Å². The Hall–Kier alpha value is -3.80. The summed E-state index contributed by atoms with van der Waals surface area (Å²) in [6.45, 7) is 4.24. The van der Waals surface area contributed by atoms with E-state index >= 15 is 0 Å². The van der Waals surface area contributed by atoms with Crippen LogP contribution in [0.5, 0.6) is 0 Å². The molecule has 182 valence electrons. The largest absolute Gasteiger partial charge is 0.372 e. The normalized spacial score (nSPS) is 12.2. The van der Waals surface area contributed by atoms with Gasteiger partial charge in [-0.15, -0.1) is 0 Å². The maximum atomic E-state index is 2.46. The zero-order valence-corrected chi connectivity index (χ0v) is 22.4. The van der Waals surface area contributed by atoms with Gasteiger partial charge in [0.2, 0.25) is 0 Å². The average Bonchev–Trinajstić information content (AvgIpc) is 3.30. The molecule has 1 aliphatic carbocycles. The number of hydrogen-bond donors (Lipinski definition) is 0. The number of hydrogen-bond acceptors (Lipinski definition) is 1. The van der Waals surface area contributed by atoms with E-state index in [-0.39, 0.29) is 0 Å². The molecule has 2 heteroatoms.